The normalized spacial score (nSPS) is 5.22. The van der Waals surface area contributed by atoms with Crippen LogP contribution in [0.1, 0.15) is 13.3 Å². The predicted octanol–water partition coefficient (Wildman–Crippen LogP) is 0.515. The largest absolute Gasteiger partial charge is 0.481 e. The zero-order chi connectivity index (χ0) is 7.70. The molecule has 4 nitrogen and oxygen atoms in total. The highest BCUT2D eigenvalue weighted by atomic mass is 16.4. The Balaban J connectivity index is 0. The minimum absolute atomic E-state index is 0. The van der Waals surface area contributed by atoms with Crippen molar-refractivity contribution in [3.8, 4) is 12.1 Å². The van der Waals surface area contributed by atoms with E-state index in [9.17, 15) is 0 Å². The Hall–Kier alpha value is -1.55. The number of rotatable bonds is 0. The van der Waals surface area contributed by atoms with Gasteiger partial charge in [-0.25, -0.2) is 0 Å². The maximum atomic E-state index is 9.00. The van der Waals surface area contributed by atoms with Gasteiger partial charge in [-0.15, -0.1) is 0 Å². The van der Waals surface area contributed by atoms with Gasteiger partial charge in [0.15, 0.2) is 0 Å². The summed E-state index contributed by atoms with van der Waals surface area (Å²) in [6, 6.07) is 3.31. The van der Waals surface area contributed by atoms with Crippen molar-refractivity contribution in [1.82, 2.24) is 0 Å². The minimum Gasteiger partial charge on any atom is -0.481 e. The van der Waals surface area contributed by atoms with E-state index in [1.807, 2.05) is 0 Å². The fourth-order valence-electron chi connectivity index (χ4n) is 0.0354. The van der Waals surface area contributed by atoms with E-state index in [0.29, 0.717) is 0 Å². The van der Waals surface area contributed by atoms with Gasteiger partial charge in [0.2, 0.25) is 0 Å². The summed E-state index contributed by atoms with van der Waals surface area (Å²) in [6.07, 6.45) is 0. The van der Waals surface area contributed by atoms with E-state index in [-0.39, 0.29) is 6.42 Å². The van der Waals surface area contributed by atoms with Crippen LogP contribution in [0.25, 0.3) is 0 Å². The summed E-state index contributed by atoms with van der Waals surface area (Å²) < 4.78 is 0. The molecule has 0 unspecified atom stereocenters. The van der Waals surface area contributed by atoms with Crippen LogP contribution in [0.5, 0.6) is 0 Å². The summed E-state index contributed by atoms with van der Waals surface area (Å²) in [4.78, 5) is 9.00. The maximum absolute atomic E-state index is 9.00. The molecule has 0 aromatic rings. The number of hydrogen-bond acceptors (Lipinski definition) is 3. The maximum Gasteiger partial charge on any atom is 0.300 e. The highest BCUT2D eigenvalue weighted by molar-refractivity contribution is 5.62. The first-order valence-corrected chi connectivity index (χ1v) is 2.08. The highest BCUT2D eigenvalue weighted by Gasteiger charge is 1.65. The second-order valence-electron chi connectivity index (χ2n) is 1.01. The number of nitrogens with zero attached hydrogens (tertiary/aromatic N) is 2. The molecule has 0 fully saturated rings. The van der Waals surface area contributed by atoms with Gasteiger partial charge in [-0.3, -0.25) is 4.79 Å². The average molecular weight is 126 g/mol. The van der Waals surface area contributed by atoms with E-state index in [1.54, 1.807) is 12.1 Å². The van der Waals surface area contributed by atoms with Crippen molar-refractivity contribution in [1.29, 1.82) is 10.5 Å². The number of aliphatic carboxylic acids is 1. The fourth-order valence-corrected chi connectivity index (χ4v) is 0.0354. The van der Waals surface area contributed by atoms with Gasteiger partial charge in [-0.2, -0.15) is 10.5 Å². The monoisotopic (exact) mass is 126 g/mol. The van der Waals surface area contributed by atoms with Gasteiger partial charge in [0.05, 0.1) is 12.1 Å². The molecule has 0 aromatic carbocycles. The lowest BCUT2D eigenvalue weighted by molar-refractivity contribution is -0.134. The van der Waals surface area contributed by atoms with Crippen molar-refractivity contribution >= 4 is 5.97 Å². The predicted molar refractivity (Wildman–Crippen MR) is 29.2 cm³/mol. The highest BCUT2D eigenvalue weighted by Crippen LogP contribution is 1.59. The van der Waals surface area contributed by atoms with Crippen LogP contribution in [0.15, 0.2) is 0 Å². The second kappa shape index (κ2) is 9.67. The standard InChI is InChI=1S/C3H2N2.C2H4O2/c4-2-1-3-5;1-2(3)4/h1H2;1H3,(H,3,4). The number of hydrogen-bond donors (Lipinski definition) is 1. The Morgan fingerprint density at radius 1 is 1.56 bits per heavy atom. The van der Waals surface area contributed by atoms with Crippen LogP contribution in [0.2, 0.25) is 0 Å². The van der Waals surface area contributed by atoms with Gasteiger partial charge in [-0.05, 0) is 0 Å². The Bertz CT molecular complexity index is 135. The van der Waals surface area contributed by atoms with E-state index < -0.39 is 5.97 Å². The molecule has 0 rings (SSSR count). The zero-order valence-corrected chi connectivity index (χ0v) is 4.96. The third-order valence-electron chi connectivity index (χ3n) is 0.158. The summed E-state index contributed by atoms with van der Waals surface area (Å²) in [5.74, 6) is -0.833. The first-order chi connectivity index (χ1) is 4.15. The summed E-state index contributed by atoms with van der Waals surface area (Å²) in [7, 11) is 0. The van der Waals surface area contributed by atoms with Crippen molar-refractivity contribution in [2.45, 2.75) is 13.3 Å². The average Bonchev–Trinajstić information content (AvgIpc) is 1.66. The van der Waals surface area contributed by atoms with E-state index in [2.05, 4.69) is 0 Å². The molecule has 0 spiro atoms. The van der Waals surface area contributed by atoms with Crippen molar-refractivity contribution in [3.05, 3.63) is 0 Å². The summed E-state index contributed by atoms with van der Waals surface area (Å²) in [5.41, 5.74) is 0. The topological polar surface area (TPSA) is 84.9 Å². The molecule has 0 aliphatic carbocycles. The molecule has 0 radical (unpaired) electrons. The second-order valence-corrected chi connectivity index (χ2v) is 1.01. The molecule has 0 amide bonds. The van der Waals surface area contributed by atoms with E-state index >= 15 is 0 Å². The van der Waals surface area contributed by atoms with E-state index in [0.717, 1.165) is 6.92 Å². The van der Waals surface area contributed by atoms with Crippen LogP contribution in [-0.2, 0) is 4.79 Å². The zero-order valence-electron chi connectivity index (χ0n) is 4.96. The minimum atomic E-state index is -0.833. The van der Waals surface area contributed by atoms with Crippen LogP contribution in [0.4, 0.5) is 0 Å². The van der Waals surface area contributed by atoms with Crippen molar-refractivity contribution in [2.24, 2.45) is 0 Å². The number of carboxylic acids is 1. The van der Waals surface area contributed by atoms with Gasteiger partial charge in [-0.1, -0.05) is 0 Å². The molecular formula is C5H6N2O2. The molecule has 0 aliphatic rings. The SMILES string of the molecule is CC(=O)O.N#CCC#N. The van der Waals surface area contributed by atoms with Crippen molar-refractivity contribution in [2.75, 3.05) is 0 Å². The van der Waals surface area contributed by atoms with Gasteiger partial charge in [0, 0.05) is 6.92 Å². The van der Waals surface area contributed by atoms with E-state index in [4.69, 9.17) is 20.4 Å². The van der Waals surface area contributed by atoms with Gasteiger partial charge >= 0.3 is 0 Å². The summed E-state index contributed by atoms with van der Waals surface area (Å²) in [5, 5.41) is 22.6. The number of carboxylic acid groups (broad SMARTS) is 1. The Kier molecular flexibility index (Phi) is 11.2. The Morgan fingerprint density at radius 2 is 1.78 bits per heavy atom. The molecular weight excluding hydrogens is 120 g/mol. The van der Waals surface area contributed by atoms with Gasteiger partial charge < -0.3 is 5.11 Å². The van der Waals surface area contributed by atoms with Crippen LogP contribution >= 0.6 is 0 Å². The molecule has 0 saturated heterocycles. The smallest absolute Gasteiger partial charge is 0.300 e. The third kappa shape index (κ3) is 631. The van der Waals surface area contributed by atoms with Crippen LogP contribution in [-0.4, -0.2) is 11.1 Å². The number of nitriles is 2. The Morgan fingerprint density at radius 3 is 1.78 bits per heavy atom. The fraction of sp³-hybridized carbons (Fsp3) is 0.400. The molecule has 0 bridgehead atoms. The molecule has 0 atom stereocenters. The molecule has 0 heterocycles. The third-order valence-corrected chi connectivity index (χ3v) is 0.158. The van der Waals surface area contributed by atoms with Gasteiger partial charge in [0.25, 0.3) is 5.97 Å². The van der Waals surface area contributed by atoms with Crippen LogP contribution < -0.4 is 0 Å². The molecule has 0 saturated carbocycles. The van der Waals surface area contributed by atoms with Crippen molar-refractivity contribution in [3.63, 3.8) is 0 Å². The molecule has 0 aromatic heterocycles. The number of carbonyl (C=O) groups is 1. The summed E-state index contributed by atoms with van der Waals surface area (Å²) >= 11 is 0. The Labute approximate surface area is 52.9 Å². The lowest BCUT2D eigenvalue weighted by atomic mass is 10.5. The van der Waals surface area contributed by atoms with E-state index in [1.165, 1.54) is 0 Å². The molecule has 9 heavy (non-hydrogen) atoms. The van der Waals surface area contributed by atoms with Crippen LogP contribution in [0, 0.1) is 22.7 Å². The first kappa shape index (κ1) is 10.4. The lowest BCUT2D eigenvalue weighted by Gasteiger charge is -1.59. The molecule has 48 valence electrons. The molecule has 1 N–H and O–H groups in total. The molecule has 0 aliphatic heterocycles. The van der Waals surface area contributed by atoms with Gasteiger partial charge in [0.1, 0.15) is 6.42 Å². The lowest BCUT2D eigenvalue weighted by Crippen LogP contribution is -1.78. The quantitative estimate of drug-likeness (QED) is 0.512. The summed E-state index contributed by atoms with van der Waals surface area (Å²) in [6.45, 7) is 1.08. The first-order valence-electron chi connectivity index (χ1n) is 2.08. The van der Waals surface area contributed by atoms with Crippen LogP contribution in [0.3, 0.4) is 0 Å². The van der Waals surface area contributed by atoms with Crippen molar-refractivity contribution < 1.29 is 9.90 Å². The molecule has 4 heteroatoms.